The van der Waals surface area contributed by atoms with Gasteiger partial charge in [-0.05, 0) is 50.0 Å². The van der Waals surface area contributed by atoms with Gasteiger partial charge in [-0.25, -0.2) is 9.36 Å². The highest BCUT2D eigenvalue weighted by Crippen LogP contribution is 2.23. The highest BCUT2D eigenvalue weighted by Gasteiger charge is 2.21. The van der Waals surface area contributed by atoms with E-state index in [0.717, 1.165) is 43.0 Å². The van der Waals surface area contributed by atoms with Gasteiger partial charge in [0.2, 0.25) is 11.9 Å². The minimum absolute atomic E-state index is 0. The van der Waals surface area contributed by atoms with Crippen molar-refractivity contribution in [2.45, 2.75) is 31.6 Å². The van der Waals surface area contributed by atoms with Crippen LogP contribution in [0.15, 0.2) is 42.7 Å². The van der Waals surface area contributed by atoms with E-state index in [1.807, 2.05) is 48.3 Å². The summed E-state index contributed by atoms with van der Waals surface area (Å²) in [4.78, 5) is 16.9. The third kappa shape index (κ3) is 5.21. The van der Waals surface area contributed by atoms with Gasteiger partial charge < -0.3 is 5.32 Å². The molecule has 0 atom stereocenters. The Hall–Kier alpha value is -2.71. The molecule has 29 heavy (non-hydrogen) atoms. The summed E-state index contributed by atoms with van der Waals surface area (Å²) in [5.74, 6) is 1.63. The Morgan fingerprint density at radius 3 is 2.76 bits per heavy atom. The molecular weight excluding hydrogens is 390 g/mol. The second-order valence-corrected chi connectivity index (χ2v) is 7.12. The average molecular weight is 416 g/mol. The zero-order valence-electron chi connectivity index (χ0n) is 16.4. The number of hydrogen-bond acceptors (Lipinski definition) is 5. The minimum Gasteiger partial charge on any atom is -0.317 e. The van der Waals surface area contributed by atoms with Crippen molar-refractivity contribution in [3.8, 4) is 5.69 Å². The van der Waals surface area contributed by atoms with E-state index in [-0.39, 0.29) is 18.3 Å². The summed E-state index contributed by atoms with van der Waals surface area (Å²) in [6.07, 6.45) is 6.82. The van der Waals surface area contributed by atoms with Crippen LogP contribution in [0.4, 0.5) is 5.95 Å². The molecule has 1 aliphatic rings. The fraction of sp³-hybridized carbons (Fsp3) is 0.400. The molecule has 1 fully saturated rings. The maximum Gasteiger partial charge on any atom is 0.227 e. The number of nitrogens with one attached hydrogen (secondary N) is 2. The number of aryl methyl sites for hydroxylation is 2. The van der Waals surface area contributed by atoms with Gasteiger partial charge in [-0.15, -0.1) is 12.4 Å². The number of para-hydroxylation sites is 1. The van der Waals surface area contributed by atoms with Crippen molar-refractivity contribution < 1.29 is 4.79 Å². The van der Waals surface area contributed by atoms with Gasteiger partial charge in [0, 0.05) is 25.6 Å². The second-order valence-electron chi connectivity index (χ2n) is 7.12. The standard InChI is InChI=1S/C20H25N7O.ClH/c1-26-20(24-19(25-26)16-9-11-21-12-10-16)23-18(28)8-7-15-13-22-27(14-15)17-5-3-2-4-6-17;/h2-6,13-14,16,21H,7-12H2,1H3,(H,23,24,25,28);1H. The van der Waals surface area contributed by atoms with Crippen molar-refractivity contribution in [1.82, 2.24) is 29.9 Å². The normalized spacial score (nSPS) is 14.4. The highest BCUT2D eigenvalue weighted by molar-refractivity contribution is 5.89. The summed E-state index contributed by atoms with van der Waals surface area (Å²) in [6.45, 7) is 1.97. The highest BCUT2D eigenvalue weighted by atomic mass is 35.5. The third-order valence-corrected chi connectivity index (χ3v) is 5.03. The lowest BCUT2D eigenvalue weighted by atomic mass is 9.98. The van der Waals surface area contributed by atoms with Crippen LogP contribution in [-0.2, 0) is 18.3 Å². The van der Waals surface area contributed by atoms with Crippen LogP contribution in [0.2, 0.25) is 0 Å². The van der Waals surface area contributed by atoms with Crippen LogP contribution >= 0.6 is 12.4 Å². The van der Waals surface area contributed by atoms with Crippen molar-refractivity contribution in [1.29, 1.82) is 0 Å². The van der Waals surface area contributed by atoms with E-state index in [2.05, 4.69) is 25.8 Å². The molecule has 2 N–H and O–H groups in total. The van der Waals surface area contributed by atoms with Crippen molar-refractivity contribution in [3.05, 3.63) is 54.1 Å². The Morgan fingerprint density at radius 2 is 2.00 bits per heavy atom. The number of hydrogen-bond donors (Lipinski definition) is 2. The lowest BCUT2D eigenvalue weighted by Crippen LogP contribution is -2.27. The van der Waals surface area contributed by atoms with E-state index >= 15 is 0 Å². The predicted molar refractivity (Wildman–Crippen MR) is 114 cm³/mol. The molecule has 1 saturated heterocycles. The smallest absolute Gasteiger partial charge is 0.227 e. The summed E-state index contributed by atoms with van der Waals surface area (Å²) in [5, 5.41) is 15.1. The maximum atomic E-state index is 12.4. The van der Waals surface area contributed by atoms with Crippen molar-refractivity contribution in [2.24, 2.45) is 7.05 Å². The third-order valence-electron chi connectivity index (χ3n) is 5.03. The summed E-state index contributed by atoms with van der Waals surface area (Å²) in [7, 11) is 1.82. The van der Waals surface area contributed by atoms with Crippen LogP contribution in [0.3, 0.4) is 0 Å². The molecule has 0 spiro atoms. The van der Waals surface area contributed by atoms with Crippen LogP contribution in [-0.4, -0.2) is 43.5 Å². The van der Waals surface area contributed by atoms with Crippen molar-refractivity contribution in [3.63, 3.8) is 0 Å². The first-order valence-corrected chi connectivity index (χ1v) is 9.69. The Morgan fingerprint density at radius 1 is 1.24 bits per heavy atom. The molecule has 1 amide bonds. The molecule has 9 heteroatoms. The molecule has 4 rings (SSSR count). The predicted octanol–water partition coefficient (Wildman–Crippen LogP) is 2.46. The first-order chi connectivity index (χ1) is 13.7. The Balaban J connectivity index is 0.00000240. The van der Waals surface area contributed by atoms with Crippen LogP contribution < -0.4 is 10.6 Å². The van der Waals surface area contributed by atoms with E-state index in [1.165, 1.54) is 0 Å². The Bertz CT molecular complexity index is 931. The van der Waals surface area contributed by atoms with Gasteiger partial charge >= 0.3 is 0 Å². The average Bonchev–Trinajstić information content (AvgIpc) is 3.35. The summed E-state index contributed by atoms with van der Waals surface area (Å²) >= 11 is 0. The molecule has 0 saturated carbocycles. The first kappa shape index (κ1) is 21.0. The zero-order chi connectivity index (χ0) is 19.3. The lowest BCUT2D eigenvalue weighted by Gasteiger charge is -2.19. The lowest BCUT2D eigenvalue weighted by molar-refractivity contribution is -0.116. The van der Waals surface area contributed by atoms with Gasteiger partial charge in [0.05, 0.1) is 11.9 Å². The molecule has 1 aromatic carbocycles. The fourth-order valence-electron chi connectivity index (χ4n) is 3.42. The summed E-state index contributed by atoms with van der Waals surface area (Å²) < 4.78 is 3.48. The Kier molecular flexibility index (Phi) is 7.00. The summed E-state index contributed by atoms with van der Waals surface area (Å²) in [6, 6.07) is 9.92. The molecule has 0 radical (unpaired) electrons. The van der Waals surface area contributed by atoms with Gasteiger partial charge in [-0.1, -0.05) is 18.2 Å². The molecule has 154 valence electrons. The van der Waals surface area contributed by atoms with Crippen molar-refractivity contribution >= 4 is 24.3 Å². The number of aromatic nitrogens is 5. The molecule has 3 aromatic rings. The number of halogens is 1. The van der Waals surface area contributed by atoms with E-state index in [1.54, 1.807) is 10.9 Å². The van der Waals surface area contributed by atoms with E-state index in [0.29, 0.717) is 24.7 Å². The number of piperidine rings is 1. The second kappa shape index (κ2) is 9.67. The quantitative estimate of drug-likeness (QED) is 0.645. The van der Waals surface area contributed by atoms with Gasteiger partial charge in [0.1, 0.15) is 0 Å². The summed E-state index contributed by atoms with van der Waals surface area (Å²) in [5.41, 5.74) is 2.02. The van der Waals surface area contributed by atoms with Crippen LogP contribution in [0.1, 0.15) is 36.6 Å². The molecular formula is C20H26ClN7O. The van der Waals surface area contributed by atoms with Gasteiger partial charge in [0.15, 0.2) is 5.82 Å². The molecule has 3 heterocycles. The number of amides is 1. The number of anilines is 1. The van der Waals surface area contributed by atoms with Crippen LogP contribution in [0.5, 0.6) is 0 Å². The van der Waals surface area contributed by atoms with E-state index in [9.17, 15) is 4.79 Å². The number of nitrogens with zero attached hydrogens (tertiary/aromatic N) is 5. The number of benzene rings is 1. The molecule has 8 nitrogen and oxygen atoms in total. The maximum absolute atomic E-state index is 12.4. The molecule has 0 unspecified atom stereocenters. The monoisotopic (exact) mass is 415 g/mol. The Labute approximate surface area is 176 Å². The molecule has 2 aromatic heterocycles. The molecule has 0 bridgehead atoms. The zero-order valence-corrected chi connectivity index (χ0v) is 17.2. The fourth-order valence-corrected chi connectivity index (χ4v) is 3.42. The topological polar surface area (TPSA) is 89.7 Å². The minimum atomic E-state index is -0.0696. The van der Waals surface area contributed by atoms with Crippen molar-refractivity contribution in [2.75, 3.05) is 18.4 Å². The SMILES string of the molecule is Cl.Cn1nc(C2CCNCC2)nc1NC(=O)CCc1cnn(-c2ccccc2)c1. The van der Waals surface area contributed by atoms with Gasteiger partial charge in [0.25, 0.3) is 0 Å². The number of carbonyl (C=O) groups excluding carboxylic acids is 1. The van der Waals surface area contributed by atoms with Crippen LogP contribution in [0.25, 0.3) is 5.69 Å². The largest absolute Gasteiger partial charge is 0.317 e. The number of rotatable bonds is 6. The van der Waals surface area contributed by atoms with Gasteiger partial charge in [-0.3, -0.25) is 10.1 Å². The van der Waals surface area contributed by atoms with Crippen LogP contribution in [0, 0.1) is 0 Å². The molecule has 1 aliphatic heterocycles. The van der Waals surface area contributed by atoms with E-state index < -0.39 is 0 Å². The van der Waals surface area contributed by atoms with Gasteiger partial charge in [-0.2, -0.15) is 15.2 Å². The first-order valence-electron chi connectivity index (χ1n) is 9.69. The molecule has 0 aliphatic carbocycles. The number of carbonyl (C=O) groups is 1. The van der Waals surface area contributed by atoms with E-state index in [4.69, 9.17) is 0 Å².